The molecule has 0 nitrogen and oxygen atoms in total. The van der Waals surface area contributed by atoms with Gasteiger partial charge in [-0.15, -0.1) is 46.7 Å². The largest absolute Gasteiger partial charge is 0.114 e. The van der Waals surface area contributed by atoms with Gasteiger partial charge < -0.3 is 0 Å². The summed E-state index contributed by atoms with van der Waals surface area (Å²) in [6, 6.07) is 8.13. The van der Waals surface area contributed by atoms with E-state index in [1.54, 1.807) is 23.5 Å². The first kappa shape index (κ1) is 10.6. The lowest BCUT2D eigenvalue weighted by atomic mass is 10.4. The van der Waals surface area contributed by atoms with Gasteiger partial charge in [0.15, 0.2) is 0 Å². The zero-order valence-electron chi connectivity index (χ0n) is 6.30. The maximum Gasteiger partial charge on any atom is 0.0727 e. The Morgan fingerprint density at radius 2 is 1.33 bits per heavy atom. The van der Waals surface area contributed by atoms with Crippen LogP contribution >= 0.6 is 46.7 Å². The monoisotopic (exact) mass is 238 g/mol. The molecule has 0 radical (unpaired) electrons. The minimum absolute atomic E-state index is 0.583. The number of hydrogen-bond donors (Lipinski definition) is 0. The number of alkyl halides is 2. The van der Waals surface area contributed by atoms with Gasteiger partial charge in [0.05, 0.1) is 10.4 Å². The Bertz CT molecular complexity index is 215. The predicted octanol–water partition coefficient (Wildman–Crippen LogP) is 4.26. The third-order valence-corrected chi connectivity index (χ3v) is 3.61. The molecule has 0 unspecified atom stereocenters. The maximum atomic E-state index is 5.63. The van der Waals surface area contributed by atoms with Gasteiger partial charge in [0.25, 0.3) is 0 Å². The minimum atomic E-state index is 0.583. The molecule has 0 aliphatic heterocycles. The molecule has 0 fully saturated rings. The summed E-state index contributed by atoms with van der Waals surface area (Å²) in [5.74, 6) is 0. The second-order valence-electron chi connectivity index (χ2n) is 1.95. The normalized spacial score (nSPS) is 10.2. The summed E-state index contributed by atoms with van der Waals surface area (Å²) in [5.41, 5.74) is 0. The summed E-state index contributed by atoms with van der Waals surface area (Å²) < 4.78 is 0. The Kier molecular flexibility index (Phi) is 5.32. The van der Waals surface area contributed by atoms with E-state index < -0.39 is 0 Å². The SMILES string of the molecule is ClCSc1ccccc1SCCl. The highest BCUT2D eigenvalue weighted by Gasteiger charge is 2.00. The Balaban J connectivity index is 2.77. The van der Waals surface area contributed by atoms with E-state index in [-0.39, 0.29) is 0 Å². The molecule has 1 aromatic rings. The van der Waals surface area contributed by atoms with E-state index in [0.717, 1.165) is 0 Å². The van der Waals surface area contributed by atoms with Crippen molar-refractivity contribution in [1.29, 1.82) is 0 Å². The molecule has 0 saturated carbocycles. The van der Waals surface area contributed by atoms with Crippen molar-refractivity contribution in [2.45, 2.75) is 9.79 Å². The first-order valence-corrected chi connectivity index (χ1v) is 6.39. The highest BCUT2D eigenvalue weighted by Crippen LogP contribution is 2.31. The molecule has 12 heavy (non-hydrogen) atoms. The van der Waals surface area contributed by atoms with Gasteiger partial charge in [0.1, 0.15) is 0 Å². The molecule has 0 saturated heterocycles. The van der Waals surface area contributed by atoms with E-state index in [2.05, 4.69) is 12.1 Å². The highest BCUT2D eigenvalue weighted by molar-refractivity contribution is 8.03. The number of halogens is 2. The van der Waals surface area contributed by atoms with Crippen molar-refractivity contribution in [2.75, 3.05) is 10.4 Å². The molecule has 1 rings (SSSR count). The molecule has 0 bridgehead atoms. The van der Waals surface area contributed by atoms with Crippen LogP contribution in [-0.4, -0.2) is 10.4 Å². The fourth-order valence-corrected chi connectivity index (χ4v) is 2.87. The number of benzene rings is 1. The Hall–Kier alpha value is 0.500. The first-order chi connectivity index (χ1) is 5.88. The van der Waals surface area contributed by atoms with Crippen molar-refractivity contribution < 1.29 is 0 Å². The number of hydrogen-bond acceptors (Lipinski definition) is 2. The summed E-state index contributed by atoms with van der Waals surface area (Å²) >= 11 is 14.5. The van der Waals surface area contributed by atoms with Crippen LogP contribution in [0.25, 0.3) is 0 Å². The average Bonchev–Trinajstić information content (AvgIpc) is 2.09. The third kappa shape index (κ3) is 3.09. The lowest BCUT2D eigenvalue weighted by Crippen LogP contribution is -1.77. The summed E-state index contributed by atoms with van der Waals surface area (Å²) in [6.45, 7) is 0. The second-order valence-corrected chi connectivity index (χ2v) is 5.16. The van der Waals surface area contributed by atoms with Crippen molar-refractivity contribution in [1.82, 2.24) is 0 Å². The van der Waals surface area contributed by atoms with E-state index in [9.17, 15) is 0 Å². The van der Waals surface area contributed by atoms with Crippen molar-refractivity contribution in [3.05, 3.63) is 24.3 Å². The van der Waals surface area contributed by atoms with Gasteiger partial charge in [-0.3, -0.25) is 0 Å². The maximum absolute atomic E-state index is 5.63. The van der Waals surface area contributed by atoms with Crippen LogP contribution in [0.3, 0.4) is 0 Å². The van der Waals surface area contributed by atoms with Crippen LogP contribution in [0.1, 0.15) is 0 Å². The lowest BCUT2D eigenvalue weighted by molar-refractivity contribution is 1.25. The van der Waals surface area contributed by atoms with Crippen LogP contribution in [0.2, 0.25) is 0 Å². The predicted molar refractivity (Wildman–Crippen MR) is 59.6 cm³/mol. The van der Waals surface area contributed by atoms with Crippen LogP contribution in [0.5, 0.6) is 0 Å². The molecular weight excluding hydrogens is 231 g/mol. The van der Waals surface area contributed by atoms with Crippen LogP contribution < -0.4 is 0 Å². The number of thioether (sulfide) groups is 2. The molecule has 0 spiro atoms. The molecule has 0 aliphatic rings. The van der Waals surface area contributed by atoms with Crippen molar-refractivity contribution >= 4 is 46.7 Å². The number of rotatable bonds is 4. The molecular formula is C8H8Cl2S2. The topological polar surface area (TPSA) is 0 Å². The highest BCUT2D eigenvalue weighted by atomic mass is 35.5. The molecule has 0 amide bonds. The van der Waals surface area contributed by atoms with Gasteiger partial charge in [-0.1, -0.05) is 12.1 Å². The Morgan fingerprint density at radius 3 is 1.67 bits per heavy atom. The van der Waals surface area contributed by atoms with Crippen LogP contribution in [0.15, 0.2) is 34.1 Å². The summed E-state index contributed by atoms with van der Waals surface area (Å²) in [4.78, 5) is 2.41. The molecule has 0 atom stereocenters. The van der Waals surface area contributed by atoms with E-state index in [0.29, 0.717) is 10.4 Å². The van der Waals surface area contributed by atoms with Crippen molar-refractivity contribution in [2.24, 2.45) is 0 Å². The Morgan fingerprint density at radius 1 is 0.917 bits per heavy atom. The van der Waals surface area contributed by atoms with E-state index >= 15 is 0 Å². The molecule has 0 aromatic heterocycles. The summed E-state index contributed by atoms with van der Waals surface area (Å²) in [5, 5.41) is 1.17. The van der Waals surface area contributed by atoms with Gasteiger partial charge in [-0.25, -0.2) is 0 Å². The van der Waals surface area contributed by atoms with Crippen LogP contribution in [-0.2, 0) is 0 Å². The zero-order valence-corrected chi connectivity index (χ0v) is 9.44. The van der Waals surface area contributed by atoms with E-state index in [1.165, 1.54) is 9.79 Å². The summed E-state index contributed by atoms with van der Waals surface area (Å²) in [6.07, 6.45) is 0. The molecule has 1 aromatic carbocycles. The Labute approximate surface area is 91.0 Å². The standard InChI is InChI=1S/C8H8Cl2S2/c9-5-11-7-3-1-2-4-8(7)12-6-10/h1-4H,5-6H2. The molecule has 66 valence electrons. The van der Waals surface area contributed by atoms with Gasteiger partial charge >= 0.3 is 0 Å². The fraction of sp³-hybridized carbons (Fsp3) is 0.250. The van der Waals surface area contributed by atoms with Gasteiger partial charge in [0, 0.05) is 9.79 Å². The zero-order chi connectivity index (χ0) is 8.81. The van der Waals surface area contributed by atoms with Gasteiger partial charge in [0.2, 0.25) is 0 Å². The smallest absolute Gasteiger partial charge is 0.0727 e. The van der Waals surface area contributed by atoms with Crippen LogP contribution in [0.4, 0.5) is 0 Å². The van der Waals surface area contributed by atoms with Gasteiger partial charge in [-0.2, -0.15) is 0 Å². The minimum Gasteiger partial charge on any atom is -0.114 e. The third-order valence-electron chi connectivity index (χ3n) is 1.27. The fourth-order valence-electron chi connectivity index (χ4n) is 0.806. The quantitative estimate of drug-likeness (QED) is 0.568. The van der Waals surface area contributed by atoms with E-state index in [4.69, 9.17) is 23.2 Å². The molecule has 0 N–H and O–H groups in total. The van der Waals surface area contributed by atoms with E-state index in [1.807, 2.05) is 12.1 Å². The summed E-state index contributed by atoms with van der Waals surface area (Å²) in [7, 11) is 0. The molecule has 4 heteroatoms. The van der Waals surface area contributed by atoms with Crippen molar-refractivity contribution in [3.63, 3.8) is 0 Å². The average molecular weight is 239 g/mol. The molecule has 0 aliphatic carbocycles. The lowest BCUT2D eigenvalue weighted by Gasteiger charge is -2.04. The van der Waals surface area contributed by atoms with Gasteiger partial charge in [-0.05, 0) is 12.1 Å². The molecule has 0 heterocycles. The second kappa shape index (κ2) is 6.03. The van der Waals surface area contributed by atoms with Crippen LogP contribution in [0, 0.1) is 0 Å². The first-order valence-electron chi connectivity index (χ1n) is 3.35. The van der Waals surface area contributed by atoms with Crippen molar-refractivity contribution in [3.8, 4) is 0 Å².